The van der Waals surface area contributed by atoms with Crippen LogP contribution in [0.15, 0.2) is 29.6 Å². The van der Waals surface area contributed by atoms with Crippen molar-refractivity contribution in [2.45, 2.75) is 13.0 Å². The molecule has 0 saturated carbocycles. The Kier molecular flexibility index (Phi) is 4.36. The van der Waals surface area contributed by atoms with Crippen molar-refractivity contribution in [1.82, 2.24) is 15.2 Å². The largest absolute Gasteiger partial charge is 0.314 e. The second kappa shape index (κ2) is 6.22. The number of nitrogens with one attached hydrogen (secondary N) is 1. The lowest BCUT2D eigenvalue weighted by atomic mass is 10.1. The lowest BCUT2D eigenvalue weighted by Gasteiger charge is -2.34. The van der Waals surface area contributed by atoms with Crippen LogP contribution in [0.5, 0.6) is 0 Å². The zero-order valence-electron chi connectivity index (χ0n) is 11.5. The van der Waals surface area contributed by atoms with Crippen LogP contribution in [0.2, 0.25) is 5.02 Å². The summed E-state index contributed by atoms with van der Waals surface area (Å²) in [6.07, 6.45) is 0. The number of aromatic nitrogens is 1. The van der Waals surface area contributed by atoms with Gasteiger partial charge in [-0.3, -0.25) is 4.90 Å². The molecule has 1 N–H and O–H groups in total. The van der Waals surface area contributed by atoms with Gasteiger partial charge in [-0.1, -0.05) is 23.7 Å². The highest BCUT2D eigenvalue weighted by molar-refractivity contribution is 7.09. The summed E-state index contributed by atoms with van der Waals surface area (Å²) in [6.45, 7) is 6.22. The number of hydrogen-bond acceptors (Lipinski definition) is 4. The smallest absolute Gasteiger partial charge is 0.115 e. The molecular formula is C15H18ClN3S. The number of rotatable bonds is 3. The fraction of sp³-hybridized carbons (Fsp3) is 0.400. The van der Waals surface area contributed by atoms with Crippen LogP contribution >= 0.6 is 22.9 Å². The van der Waals surface area contributed by atoms with E-state index in [0.29, 0.717) is 0 Å². The Balaban J connectivity index is 1.95. The lowest BCUT2D eigenvalue weighted by Crippen LogP contribution is -2.45. The van der Waals surface area contributed by atoms with Crippen molar-refractivity contribution in [3.8, 4) is 0 Å². The monoisotopic (exact) mass is 307 g/mol. The fourth-order valence-electron chi connectivity index (χ4n) is 2.59. The Morgan fingerprint density at radius 1 is 1.25 bits per heavy atom. The molecule has 2 aromatic rings. The van der Waals surface area contributed by atoms with Crippen LogP contribution < -0.4 is 5.32 Å². The van der Waals surface area contributed by atoms with E-state index >= 15 is 0 Å². The molecule has 20 heavy (non-hydrogen) atoms. The molecule has 0 spiro atoms. The van der Waals surface area contributed by atoms with E-state index in [2.05, 4.69) is 34.7 Å². The van der Waals surface area contributed by atoms with Gasteiger partial charge in [-0.05, 0) is 24.6 Å². The molecule has 5 heteroatoms. The van der Waals surface area contributed by atoms with Crippen LogP contribution in [0.4, 0.5) is 0 Å². The number of nitrogens with zero attached hydrogens (tertiary/aromatic N) is 2. The predicted octanol–water partition coefficient (Wildman–Crippen LogP) is 3.10. The van der Waals surface area contributed by atoms with E-state index in [4.69, 9.17) is 16.6 Å². The number of aryl methyl sites for hydroxylation is 1. The first kappa shape index (κ1) is 14.0. The van der Waals surface area contributed by atoms with Crippen LogP contribution in [0.3, 0.4) is 0 Å². The van der Waals surface area contributed by atoms with E-state index in [1.54, 1.807) is 11.3 Å². The van der Waals surface area contributed by atoms with Crippen molar-refractivity contribution in [2.24, 2.45) is 0 Å². The number of hydrogen-bond donors (Lipinski definition) is 1. The number of piperazine rings is 1. The average Bonchev–Trinajstić information content (AvgIpc) is 2.89. The molecule has 0 radical (unpaired) electrons. The highest BCUT2D eigenvalue weighted by atomic mass is 35.5. The van der Waals surface area contributed by atoms with Crippen molar-refractivity contribution in [3.63, 3.8) is 0 Å². The van der Waals surface area contributed by atoms with E-state index in [0.717, 1.165) is 36.9 Å². The molecule has 1 aromatic carbocycles. The van der Waals surface area contributed by atoms with Gasteiger partial charge in [0.1, 0.15) is 5.01 Å². The predicted molar refractivity (Wildman–Crippen MR) is 84.6 cm³/mol. The Morgan fingerprint density at radius 3 is 2.55 bits per heavy atom. The Labute approximate surface area is 128 Å². The molecule has 1 saturated heterocycles. The van der Waals surface area contributed by atoms with Crippen LogP contribution in [0.25, 0.3) is 0 Å². The highest BCUT2D eigenvalue weighted by Crippen LogP contribution is 2.31. The molecule has 106 valence electrons. The van der Waals surface area contributed by atoms with E-state index in [1.807, 2.05) is 12.1 Å². The molecule has 0 amide bonds. The standard InChI is InChI=1S/C15H18ClN3S/c1-11-10-20-15(18-11)14(19-8-6-17-7-9-19)12-2-4-13(16)5-3-12/h2-5,10,14,17H,6-9H2,1H3. The second-order valence-corrected chi connectivity index (χ2v) is 6.39. The molecule has 1 fully saturated rings. The van der Waals surface area contributed by atoms with Crippen molar-refractivity contribution in [3.05, 3.63) is 50.9 Å². The van der Waals surface area contributed by atoms with Gasteiger partial charge in [0.05, 0.1) is 6.04 Å². The summed E-state index contributed by atoms with van der Waals surface area (Å²) in [4.78, 5) is 7.21. The zero-order valence-corrected chi connectivity index (χ0v) is 13.0. The van der Waals surface area contributed by atoms with Gasteiger partial charge in [-0.2, -0.15) is 0 Å². The van der Waals surface area contributed by atoms with Gasteiger partial charge >= 0.3 is 0 Å². The summed E-state index contributed by atoms with van der Waals surface area (Å²) in [5.41, 5.74) is 2.37. The molecule has 3 nitrogen and oxygen atoms in total. The van der Waals surface area contributed by atoms with Crippen LogP contribution in [0.1, 0.15) is 22.3 Å². The summed E-state index contributed by atoms with van der Waals surface area (Å²) in [5, 5.41) is 7.49. The van der Waals surface area contributed by atoms with E-state index in [1.165, 1.54) is 10.6 Å². The van der Waals surface area contributed by atoms with Gasteiger partial charge in [0.2, 0.25) is 0 Å². The zero-order chi connectivity index (χ0) is 13.9. The highest BCUT2D eigenvalue weighted by Gasteiger charge is 2.26. The fourth-order valence-corrected chi connectivity index (χ4v) is 3.67. The maximum atomic E-state index is 6.02. The van der Waals surface area contributed by atoms with Crippen molar-refractivity contribution < 1.29 is 0 Å². The number of thiazole rings is 1. The van der Waals surface area contributed by atoms with Gasteiger partial charge in [0.25, 0.3) is 0 Å². The minimum atomic E-state index is 0.244. The minimum absolute atomic E-state index is 0.244. The van der Waals surface area contributed by atoms with E-state index in [-0.39, 0.29) is 6.04 Å². The minimum Gasteiger partial charge on any atom is -0.314 e. The van der Waals surface area contributed by atoms with Crippen LogP contribution in [0, 0.1) is 6.92 Å². The first-order chi connectivity index (χ1) is 9.74. The molecule has 1 aliphatic rings. The molecule has 1 unspecified atom stereocenters. The first-order valence-corrected chi connectivity index (χ1v) is 8.12. The molecule has 0 bridgehead atoms. The number of halogens is 1. The molecule has 1 atom stereocenters. The van der Waals surface area contributed by atoms with E-state index in [9.17, 15) is 0 Å². The molecule has 2 heterocycles. The van der Waals surface area contributed by atoms with Gasteiger partial charge < -0.3 is 5.32 Å². The maximum Gasteiger partial charge on any atom is 0.115 e. The Morgan fingerprint density at radius 2 is 1.95 bits per heavy atom. The summed E-state index contributed by atoms with van der Waals surface area (Å²) >= 11 is 7.76. The van der Waals surface area contributed by atoms with Gasteiger partial charge in [-0.15, -0.1) is 11.3 Å². The molecule has 1 aromatic heterocycles. The molecule has 3 rings (SSSR count). The van der Waals surface area contributed by atoms with Gasteiger partial charge in [-0.25, -0.2) is 4.98 Å². The SMILES string of the molecule is Cc1csc(C(c2ccc(Cl)cc2)N2CCNCC2)n1. The third kappa shape index (κ3) is 3.04. The summed E-state index contributed by atoms with van der Waals surface area (Å²) in [5.74, 6) is 0. The quantitative estimate of drug-likeness (QED) is 0.944. The number of benzene rings is 1. The van der Waals surface area contributed by atoms with Crippen LogP contribution in [-0.2, 0) is 0 Å². The normalized spacial score (nSPS) is 18.1. The maximum absolute atomic E-state index is 6.02. The Hall–Kier alpha value is -0.940. The molecule has 1 aliphatic heterocycles. The Bertz CT molecular complexity index is 561. The average molecular weight is 308 g/mol. The van der Waals surface area contributed by atoms with E-state index < -0.39 is 0 Å². The van der Waals surface area contributed by atoms with Crippen molar-refractivity contribution in [2.75, 3.05) is 26.2 Å². The van der Waals surface area contributed by atoms with Gasteiger partial charge in [0.15, 0.2) is 0 Å². The summed E-state index contributed by atoms with van der Waals surface area (Å²) < 4.78 is 0. The van der Waals surface area contributed by atoms with Crippen molar-refractivity contribution in [1.29, 1.82) is 0 Å². The molecular weight excluding hydrogens is 290 g/mol. The third-order valence-electron chi connectivity index (χ3n) is 3.57. The topological polar surface area (TPSA) is 28.2 Å². The third-order valence-corrected chi connectivity index (χ3v) is 4.84. The van der Waals surface area contributed by atoms with Crippen molar-refractivity contribution >= 4 is 22.9 Å². The molecule has 0 aliphatic carbocycles. The summed E-state index contributed by atoms with van der Waals surface area (Å²) in [7, 11) is 0. The lowest BCUT2D eigenvalue weighted by molar-refractivity contribution is 0.198. The second-order valence-electron chi connectivity index (χ2n) is 5.07. The van der Waals surface area contributed by atoms with Gasteiger partial charge in [0, 0.05) is 42.3 Å². The first-order valence-electron chi connectivity index (χ1n) is 6.86. The summed E-state index contributed by atoms with van der Waals surface area (Å²) in [6, 6.07) is 8.41. The van der Waals surface area contributed by atoms with Crippen LogP contribution in [-0.4, -0.2) is 36.1 Å².